The minimum Gasteiger partial charge on any atom is -0.466 e. The monoisotopic (exact) mass is 552 g/mol. The quantitative estimate of drug-likeness (QED) is 0.141. The summed E-state index contributed by atoms with van der Waals surface area (Å²) in [5.74, 6) is 0.954. The highest BCUT2D eigenvalue weighted by Gasteiger charge is 2.42. The Morgan fingerprint density at radius 2 is 1.84 bits per heavy atom. The molecule has 2 saturated heterocycles. The number of ether oxygens (including phenoxy) is 1. The number of hydrogen-bond donors (Lipinski definition) is 3. The van der Waals surface area contributed by atoms with Crippen LogP contribution in [-0.4, -0.2) is 78.3 Å². The van der Waals surface area contributed by atoms with Crippen LogP contribution >= 0.6 is 11.8 Å². The maximum atomic E-state index is 12.1. The molecule has 3 aliphatic rings. The molecule has 1 unspecified atom stereocenters. The second-order valence-corrected chi connectivity index (χ2v) is 13.1. The lowest BCUT2D eigenvalue weighted by molar-refractivity contribution is -0.143. The Bertz CT molecular complexity index is 805. The minimum atomic E-state index is -0.120. The molecule has 4 atom stereocenters. The average Bonchev–Trinajstić information content (AvgIpc) is 3.57. The number of carbonyl (C=O) groups is 3. The maximum absolute atomic E-state index is 12.1. The van der Waals surface area contributed by atoms with Gasteiger partial charge in [0.2, 0.25) is 5.91 Å². The molecular formula is C27H48N6O4S. The van der Waals surface area contributed by atoms with Gasteiger partial charge in [-0.25, -0.2) is 4.79 Å². The summed E-state index contributed by atoms with van der Waals surface area (Å²) in [6, 6.07) is 0.706. The molecule has 0 saturated carbocycles. The highest BCUT2D eigenvalue weighted by Crippen LogP contribution is 2.33. The number of fused-ring (bicyclic) bond motifs is 1. The Hall–Kier alpha value is -2.04. The molecule has 2 fully saturated rings. The third kappa shape index (κ3) is 10.6. The second-order valence-electron chi connectivity index (χ2n) is 11.8. The van der Waals surface area contributed by atoms with Crippen molar-refractivity contribution in [2.24, 2.45) is 15.8 Å². The molecule has 216 valence electrons. The topological polar surface area (TPSA) is 124 Å². The Morgan fingerprint density at radius 1 is 1.05 bits per heavy atom. The number of rotatable bonds is 17. The van der Waals surface area contributed by atoms with Crippen LogP contribution in [0.5, 0.6) is 0 Å². The van der Waals surface area contributed by atoms with E-state index in [9.17, 15) is 14.4 Å². The van der Waals surface area contributed by atoms with E-state index < -0.39 is 0 Å². The lowest BCUT2D eigenvalue weighted by atomic mass is 9.87. The van der Waals surface area contributed by atoms with E-state index in [4.69, 9.17) is 4.74 Å². The number of amides is 3. The number of thioether (sulfide) groups is 1. The van der Waals surface area contributed by atoms with Crippen molar-refractivity contribution in [3.8, 4) is 0 Å². The van der Waals surface area contributed by atoms with Gasteiger partial charge in [0.1, 0.15) is 0 Å². The number of hydrogen-bond acceptors (Lipinski definition) is 8. The maximum Gasteiger partial charge on any atom is 0.315 e. The molecule has 0 aromatic rings. The van der Waals surface area contributed by atoms with Crippen LogP contribution in [-0.2, 0) is 14.3 Å². The van der Waals surface area contributed by atoms with E-state index in [-0.39, 0.29) is 41.4 Å². The first-order valence-electron chi connectivity index (χ1n) is 14.5. The zero-order valence-electron chi connectivity index (χ0n) is 23.5. The van der Waals surface area contributed by atoms with Crippen molar-refractivity contribution in [3.63, 3.8) is 0 Å². The van der Waals surface area contributed by atoms with Crippen molar-refractivity contribution < 1.29 is 19.1 Å². The molecular weight excluding hydrogens is 504 g/mol. The predicted octanol–water partition coefficient (Wildman–Crippen LogP) is 4.20. The Labute approximate surface area is 232 Å². The summed E-state index contributed by atoms with van der Waals surface area (Å²) in [6.45, 7) is 9.46. The fraction of sp³-hybridized carbons (Fsp3) is 0.889. The highest BCUT2D eigenvalue weighted by molar-refractivity contribution is 8.00. The first-order valence-corrected chi connectivity index (χ1v) is 15.5. The van der Waals surface area contributed by atoms with Gasteiger partial charge in [0.25, 0.3) is 0 Å². The van der Waals surface area contributed by atoms with E-state index in [1.807, 2.05) is 16.8 Å². The van der Waals surface area contributed by atoms with Gasteiger partial charge < -0.3 is 20.7 Å². The highest BCUT2D eigenvalue weighted by atomic mass is 32.2. The van der Waals surface area contributed by atoms with Crippen LogP contribution in [0.15, 0.2) is 10.3 Å². The van der Waals surface area contributed by atoms with Crippen LogP contribution in [0.2, 0.25) is 0 Å². The lowest BCUT2D eigenvalue weighted by Gasteiger charge is -2.23. The standard InChI is InChI=1S/C27H48N6O4S/c1-27(2,3)22-18-33(32-31-22)16-10-4-6-14-24(35)37-17-11-5-9-15-28-23(34)13-8-7-12-21-25-20(19-38-21)29-26(36)30-25/h20-22,25H,4-19H2,1-3H3,(H,28,34)(H2,29,30,36)/t20-,21+,22?,25-/m0/s1. The number of urea groups is 1. The molecule has 0 aromatic carbocycles. The van der Waals surface area contributed by atoms with Crippen LogP contribution in [0, 0.1) is 5.41 Å². The largest absolute Gasteiger partial charge is 0.466 e. The van der Waals surface area contributed by atoms with Crippen LogP contribution in [0.25, 0.3) is 0 Å². The molecule has 0 spiro atoms. The second kappa shape index (κ2) is 15.5. The van der Waals surface area contributed by atoms with Crippen molar-refractivity contribution in [2.75, 3.05) is 32.0 Å². The van der Waals surface area contributed by atoms with Crippen molar-refractivity contribution in [3.05, 3.63) is 0 Å². The van der Waals surface area contributed by atoms with Gasteiger partial charge in [-0.05, 0) is 50.4 Å². The summed E-state index contributed by atoms with van der Waals surface area (Å²) in [7, 11) is 0. The molecule has 3 aliphatic heterocycles. The average molecular weight is 553 g/mol. The first-order chi connectivity index (χ1) is 18.2. The van der Waals surface area contributed by atoms with Crippen LogP contribution < -0.4 is 16.0 Å². The van der Waals surface area contributed by atoms with Crippen molar-refractivity contribution >= 4 is 29.7 Å². The summed E-state index contributed by atoms with van der Waals surface area (Å²) in [4.78, 5) is 35.4. The summed E-state index contributed by atoms with van der Waals surface area (Å²) in [5, 5.41) is 20.1. The van der Waals surface area contributed by atoms with Gasteiger partial charge in [-0.3, -0.25) is 14.6 Å². The fourth-order valence-corrected chi connectivity index (χ4v) is 6.53. The number of esters is 1. The van der Waals surface area contributed by atoms with E-state index in [1.54, 1.807) is 0 Å². The van der Waals surface area contributed by atoms with E-state index in [0.717, 1.165) is 76.6 Å². The molecule has 3 N–H and O–H groups in total. The molecule has 3 amide bonds. The Balaban J connectivity index is 1.06. The SMILES string of the molecule is CC(C)(C)C1CN(CCCCCC(=O)OCCCCCNC(=O)CCCC[C@H]2SC[C@@H]3NC(=O)N[C@@H]32)N=N1. The number of unbranched alkanes of at least 4 members (excludes halogenated alkanes) is 5. The van der Waals surface area contributed by atoms with Gasteiger partial charge >= 0.3 is 12.0 Å². The zero-order valence-corrected chi connectivity index (χ0v) is 24.3. The molecule has 38 heavy (non-hydrogen) atoms. The molecule has 0 bridgehead atoms. The molecule has 0 aromatic heterocycles. The fourth-order valence-electron chi connectivity index (χ4n) is 4.98. The minimum absolute atomic E-state index is 0.0504. The van der Waals surface area contributed by atoms with Gasteiger partial charge in [0, 0.05) is 36.9 Å². The molecule has 10 nitrogen and oxygen atoms in total. The molecule has 11 heteroatoms. The normalized spacial score (nSPS) is 24.3. The smallest absolute Gasteiger partial charge is 0.315 e. The Morgan fingerprint density at radius 3 is 2.63 bits per heavy atom. The third-order valence-corrected chi connectivity index (χ3v) is 8.99. The summed E-state index contributed by atoms with van der Waals surface area (Å²) in [6.07, 6.45) is 9.39. The van der Waals surface area contributed by atoms with Gasteiger partial charge in [-0.2, -0.15) is 16.9 Å². The van der Waals surface area contributed by atoms with Crippen LogP contribution in [0.3, 0.4) is 0 Å². The van der Waals surface area contributed by atoms with Crippen molar-refractivity contribution in [1.29, 1.82) is 0 Å². The molecule has 3 rings (SSSR count). The lowest BCUT2D eigenvalue weighted by Crippen LogP contribution is -2.36. The molecule has 3 heterocycles. The number of nitrogens with one attached hydrogen (secondary N) is 3. The first kappa shape index (κ1) is 30.5. The van der Waals surface area contributed by atoms with Crippen molar-refractivity contribution in [1.82, 2.24) is 21.0 Å². The predicted molar refractivity (Wildman–Crippen MR) is 150 cm³/mol. The molecule has 0 aliphatic carbocycles. The van der Waals surface area contributed by atoms with Gasteiger partial charge in [0.15, 0.2) is 0 Å². The van der Waals surface area contributed by atoms with E-state index in [2.05, 4.69) is 47.1 Å². The third-order valence-electron chi connectivity index (χ3n) is 7.48. The number of carbonyl (C=O) groups excluding carboxylic acids is 3. The molecule has 0 radical (unpaired) electrons. The van der Waals surface area contributed by atoms with Gasteiger partial charge in [-0.1, -0.05) is 38.8 Å². The van der Waals surface area contributed by atoms with E-state index in [1.165, 1.54) is 0 Å². The van der Waals surface area contributed by atoms with E-state index >= 15 is 0 Å². The van der Waals surface area contributed by atoms with Crippen LogP contribution in [0.4, 0.5) is 4.79 Å². The summed E-state index contributed by atoms with van der Waals surface area (Å²) >= 11 is 1.91. The van der Waals surface area contributed by atoms with Gasteiger partial charge in [0.05, 0.1) is 31.3 Å². The zero-order chi connectivity index (χ0) is 27.4. The summed E-state index contributed by atoms with van der Waals surface area (Å²) in [5.41, 5.74) is 0.144. The van der Waals surface area contributed by atoms with Crippen molar-refractivity contribution in [2.45, 2.75) is 115 Å². The number of nitrogens with zero attached hydrogens (tertiary/aromatic N) is 3. The summed E-state index contributed by atoms with van der Waals surface area (Å²) < 4.78 is 5.34. The van der Waals surface area contributed by atoms with E-state index in [0.29, 0.717) is 31.2 Å². The van der Waals surface area contributed by atoms with Crippen LogP contribution in [0.1, 0.15) is 91.4 Å². The Kier molecular flexibility index (Phi) is 12.5. The van der Waals surface area contributed by atoms with Gasteiger partial charge in [-0.15, -0.1) is 0 Å².